The Morgan fingerprint density at radius 2 is 1.77 bits per heavy atom. The van der Waals surface area contributed by atoms with E-state index in [2.05, 4.69) is 44.9 Å². The maximum absolute atomic E-state index is 12.2. The Bertz CT molecular complexity index is 716. The van der Waals surface area contributed by atoms with Gasteiger partial charge in [-0.25, -0.2) is 9.59 Å². The lowest BCUT2D eigenvalue weighted by molar-refractivity contribution is -0.233. The summed E-state index contributed by atoms with van der Waals surface area (Å²) >= 11 is 0. The first-order valence-corrected chi connectivity index (χ1v) is 14.3. The first-order chi connectivity index (χ1) is 16.4. The lowest BCUT2D eigenvalue weighted by Gasteiger charge is -2.46. The number of carbonyl (C=O) groups is 3. The van der Waals surface area contributed by atoms with E-state index >= 15 is 0 Å². The molecule has 9 nitrogen and oxygen atoms in total. The first-order valence-electron chi connectivity index (χ1n) is 12.4. The van der Waals surface area contributed by atoms with Gasteiger partial charge in [-0.3, -0.25) is 9.68 Å². The molecule has 1 aliphatic carbocycles. The molecular weight excluding hydrogens is 471 g/mol. The van der Waals surface area contributed by atoms with Gasteiger partial charge in [-0.2, -0.15) is 4.89 Å². The van der Waals surface area contributed by atoms with E-state index in [4.69, 9.17) is 19.2 Å². The first kappa shape index (κ1) is 31.3. The van der Waals surface area contributed by atoms with Crippen LogP contribution in [0.4, 0.5) is 9.59 Å². The molecule has 0 heterocycles. The fourth-order valence-electron chi connectivity index (χ4n) is 4.63. The summed E-state index contributed by atoms with van der Waals surface area (Å²) in [6.45, 7) is 17.5. The van der Waals surface area contributed by atoms with Crippen molar-refractivity contribution in [2.24, 2.45) is 10.8 Å². The van der Waals surface area contributed by atoms with E-state index in [1.165, 1.54) is 0 Å². The number of rotatable bonds is 15. The van der Waals surface area contributed by atoms with Gasteiger partial charge in [0.1, 0.15) is 6.61 Å². The monoisotopic (exact) mass is 516 g/mol. The van der Waals surface area contributed by atoms with Crippen LogP contribution in [0.25, 0.3) is 0 Å². The topological polar surface area (TPSA) is 112 Å². The van der Waals surface area contributed by atoms with Crippen LogP contribution >= 0.6 is 7.92 Å². The summed E-state index contributed by atoms with van der Waals surface area (Å²) in [4.78, 5) is 46.0. The lowest BCUT2D eigenvalue weighted by Crippen LogP contribution is -2.50. The van der Waals surface area contributed by atoms with E-state index in [0.717, 1.165) is 25.7 Å². The Kier molecular flexibility index (Phi) is 13.8. The molecule has 1 rings (SSSR count). The van der Waals surface area contributed by atoms with Crippen molar-refractivity contribution in [2.75, 3.05) is 45.8 Å². The average Bonchev–Trinajstić information content (AvgIpc) is 2.75. The van der Waals surface area contributed by atoms with Gasteiger partial charge < -0.3 is 20.1 Å². The number of carbonyl (C=O) groups excluding carboxylic acids is 3. The molecule has 0 aliphatic heterocycles. The summed E-state index contributed by atoms with van der Waals surface area (Å²) in [6.07, 6.45) is 3.83. The number of unbranched alkanes of at least 4 members (excludes halogenated alkanes) is 1. The van der Waals surface area contributed by atoms with Crippen LogP contribution in [0.5, 0.6) is 0 Å². The Balaban J connectivity index is 2.40. The third kappa shape index (κ3) is 13.3. The summed E-state index contributed by atoms with van der Waals surface area (Å²) in [5.74, 6) is 0. The van der Waals surface area contributed by atoms with Gasteiger partial charge in [0.05, 0.1) is 13.2 Å². The van der Waals surface area contributed by atoms with Gasteiger partial charge in [0.25, 0.3) is 0 Å². The second-order valence-electron chi connectivity index (χ2n) is 10.6. The molecule has 3 unspecified atom stereocenters. The molecule has 2 amide bonds. The molecular formula is C25H45N2O7P. The quantitative estimate of drug-likeness (QED) is 0.104. The molecule has 0 spiro atoms. The van der Waals surface area contributed by atoms with Crippen LogP contribution in [0.3, 0.4) is 0 Å². The van der Waals surface area contributed by atoms with Crippen molar-refractivity contribution in [1.82, 2.24) is 10.6 Å². The van der Waals surface area contributed by atoms with E-state index in [9.17, 15) is 14.4 Å². The van der Waals surface area contributed by atoms with E-state index in [0.29, 0.717) is 37.9 Å². The van der Waals surface area contributed by atoms with Gasteiger partial charge in [-0.15, -0.1) is 0 Å². The summed E-state index contributed by atoms with van der Waals surface area (Å²) in [5, 5.41) is 5.74. The Morgan fingerprint density at radius 1 is 1.06 bits per heavy atom. The summed E-state index contributed by atoms with van der Waals surface area (Å²) in [5.41, 5.74) is 0.296. The summed E-state index contributed by atoms with van der Waals surface area (Å²) < 4.78 is 10.7. The molecule has 0 radical (unpaired) electrons. The molecule has 10 heteroatoms. The number of allylic oxidation sites excluding steroid dienone is 1. The predicted octanol–water partition coefficient (Wildman–Crippen LogP) is 4.99. The van der Waals surface area contributed by atoms with Crippen LogP contribution in [-0.2, 0) is 24.0 Å². The van der Waals surface area contributed by atoms with Gasteiger partial charge in [-0.1, -0.05) is 40.7 Å². The van der Waals surface area contributed by atoms with Crippen LogP contribution in [0.15, 0.2) is 12.2 Å². The van der Waals surface area contributed by atoms with E-state index < -0.39 is 20.1 Å². The number of hydrogen-bond acceptors (Lipinski definition) is 7. The van der Waals surface area contributed by atoms with E-state index in [1.54, 1.807) is 6.92 Å². The number of alkyl carbamates (subject to hydrolysis) is 1. The zero-order chi connectivity index (χ0) is 26.5. The van der Waals surface area contributed by atoms with Crippen molar-refractivity contribution in [3.63, 3.8) is 0 Å². The number of nitrogens with one attached hydrogen (secondary N) is 2. The van der Waals surface area contributed by atoms with Crippen molar-refractivity contribution in [3.05, 3.63) is 12.2 Å². The molecule has 3 atom stereocenters. The molecule has 0 bridgehead atoms. The van der Waals surface area contributed by atoms with Gasteiger partial charge >= 0.3 is 12.2 Å². The average molecular weight is 517 g/mol. The number of hydrogen-bond donors (Lipinski definition) is 2. The molecule has 0 saturated heterocycles. The predicted molar refractivity (Wildman–Crippen MR) is 138 cm³/mol. The van der Waals surface area contributed by atoms with Crippen LogP contribution < -0.4 is 10.6 Å². The minimum atomic E-state index is -0.897. The molecule has 1 saturated carbocycles. The minimum Gasteiger partial charge on any atom is -0.447 e. The van der Waals surface area contributed by atoms with Gasteiger partial charge in [0, 0.05) is 25.4 Å². The number of ether oxygens (including phenoxy) is 2. The van der Waals surface area contributed by atoms with Gasteiger partial charge in [0.2, 0.25) is 0 Å². The van der Waals surface area contributed by atoms with Crippen molar-refractivity contribution in [3.8, 4) is 0 Å². The van der Waals surface area contributed by atoms with Crippen LogP contribution in [0, 0.1) is 10.8 Å². The Labute approximate surface area is 211 Å². The number of amides is 2. The minimum absolute atomic E-state index is 0.0234. The fourth-order valence-corrected chi connectivity index (χ4v) is 5.84. The van der Waals surface area contributed by atoms with E-state index in [-0.39, 0.29) is 35.6 Å². The van der Waals surface area contributed by atoms with Crippen molar-refractivity contribution in [2.45, 2.75) is 72.8 Å². The maximum Gasteiger partial charge on any atom is 0.438 e. The molecule has 1 fully saturated rings. The van der Waals surface area contributed by atoms with Gasteiger partial charge in [-0.05, 0) is 63.6 Å². The third-order valence-corrected chi connectivity index (χ3v) is 7.81. The summed E-state index contributed by atoms with van der Waals surface area (Å²) in [7, 11) is -0.897. The zero-order valence-corrected chi connectivity index (χ0v) is 23.3. The molecule has 0 aromatic rings. The van der Waals surface area contributed by atoms with Gasteiger partial charge in [0.15, 0.2) is 5.52 Å². The molecule has 0 aromatic heterocycles. The molecule has 0 aromatic carbocycles. The highest BCUT2D eigenvalue weighted by Gasteiger charge is 2.42. The molecule has 2 N–H and O–H groups in total. The SMILES string of the molecule is C=C(C)C(=O)P(C)CCOOC(=O)NCC1(C)CC(NC(=O)OCCOCCCC)CC(C)(C)C1. The second-order valence-corrected chi connectivity index (χ2v) is 12.8. The standard InChI is InChI=1S/C25H45N2O7P/c1-8-9-10-31-11-12-32-23(30)27-20-15-24(4,5)17-25(6,16-20)18-26-22(29)34-33-13-14-35(7)21(28)19(2)3/h20H,2,8-18H2,1,3-7H3,(H,26,29)(H,27,30). The van der Waals surface area contributed by atoms with Crippen molar-refractivity contribution < 1.29 is 33.6 Å². The Morgan fingerprint density at radius 3 is 2.43 bits per heavy atom. The largest absolute Gasteiger partial charge is 0.447 e. The summed E-state index contributed by atoms with van der Waals surface area (Å²) in [6, 6.07) is -0.0685. The maximum atomic E-state index is 12.2. The smallest absolute Gasteiger partial charge is 0.438 e. The highest BCUT2D eigenvalue weighted by atomic mass is 31.1. The lowest BCUT2D eigenvalue weighted by atomic mass is 9.62. The highest BCUT2D eigenvalue weighted by Crippen LogP contribution is 2.45. The highest BCUT2D eigenvalue weighted by molar-refractivity contribution is 7.74. The van der Waals surface area contributed by atoms with Crippen molar-refractivity contribution in [1.29, 1.82) is 0 Å². The molecule has 202 valence electrons. The molecule has 1 aliphatic rings. The van der Waals surface area contributed by atoms with E-state index in [1.807, 2.05) is 6.66 Å². The molecule has 35 heavy (non-hydrogen) atoms. The van der Waals surface area contributed by atoms with Crippen LogP contribution in [-0.4, -0.2) is 69.6 Å². The third-order valence-electron chi connectivity index (χ3n) is 5.88. The van der Waals surface area contributed by atoms with Crippen LogP contribution in [0.1, 0.15) is 66.7 Å². The second kappa shape index (κ2) is 15.4. The van der Waals surface area contributed by atoms with Crippen LogP contribution in [0.2, 0.25) is 0 Å². The zero-order valence-electron chi connectivity index (χ0n) is 22.4. The normalized spacial score (nSPS) is 22.1. The van der Waals surface area contributed by atoms with Crippen molar-refractivity contribution >= 4 is 25.6 Å². The fraction of sp³-hybridized carbons (Fsp3) is 0.800. The Hall–Kier alpha value is -1.70.